The number of nitrogens with zero attached hydrogens (tertiary/aromatic N) is 1. The standard InChI is InChI=1S/C27H26FN3O/c28-23-12-10-20(11-13-23)21-8-9-22-16-26(30-25(22)15-21)27(32)29-17-24-7-4-14-31(24)18-19-5-2-1-3-6-19/h1-3,5-6,8-13,15-16,24,30H,4,7,14,17-18H2,(H,29,32)/t24-/m0/s1. The third-order valence-corrected chi connectivity index (χ3v) is 6.27. The predicted molar refractivity (Wildman–Crippen MR) is 126 cm³/mol. The van der Waals surface area contributed by atoms with Crippen LogP contribution < -0.4 is 5.32 Å². The van der Waals surface area contributed by atoms with Crippen LogP contribution in [0, 0.1) is 5.82 Å². The van der Waals surface area contributed by atoms with E-state index in [0.717, 1.165) is 48.0 Å². The molecule has 5 rings (SSSR count). The minimum atomic E-state index is -0.252. The molecule has 1 aliphatic heterocycles. The first-order chi connectivity index (χ1) is 15.7. The van der Waals surface area contributed by atoms with Crippen molar-refractivity contribution in [2.45, 2.75) is 25.4 Å². The molecule has 1 atom stereocenters. The van der Waals surface area contributed by atoms with Gasteiger partial charge in [0.1, 0.15) is 11.5 Å². The van der Waals surface area contributed by atoms with Crippen LogP contribution in [0.2, 0.25) is 0 Å². The smallest absolute Gasteiger partial charge is 0.267 e. The lowest BCUT2D eigenvalue weighted by Gasteiger charge is -2.24. The van der Waals surface area contributed by atoms with Crippen molar-refractivity contribution < 1.29 is 9.18 Å². The molecule has 0 aliphatic carbocycles. The molecule has 1 saturated heterocycles. The summed E-state index contributed by atoms with van der Waals surface area (Å²) in [6.07, 6.45) is 2.26. The van der Waals surface area contributed by atoms with Crippen molar-refractivity contribution in [2.24, 2.45) is 0 Å². The lowest BCUT2D eigenvalue weighted by atomic mass is 10.0. The van der Waals surface area contributed by atoms with E-state index in [-0.39, 0.29) is 11.7 Å². The molecule has 0 spiro atoms. The Bertz CT molecular complexity index is 1220. The van der Waals surface area contributed by atoms with E-state index in [9.17, 15) is 9.18 Å². The van der Waals surface area contributed by atoms with E-state index >= 15 is 0 Å². The number of amides is 1. The van der Waals surface area contributed by atoms with Gasteiger partial charge in [0, 0.05) is 30.0 Å². The second-order valence-corrected chi connectivity index (χ2v) is 8.45. The molecule has 1 fully saturated rings. The highest BCUT2D eigenvalue weighted by Crippen LogP contribution is 2.25. The Morgan fingerprint density at radius 1 is 1.00 bits per heavy atom. The summed E-state index contributed by atoms with van der Waals surface area (Å²) in [6, 6.07) is 25.1. The van der Waals surface area contributed by atoms with Gasteiger partial charge < -0.3 is 10.3 Å². The maximum atomic E-state index is 13.2. The summed E-state index contributed by atoms with van der Waals surface area (Å²) in [7, 11) is 0. The van der Waals surface area contributed by atoms with Gasteiger partial charge in [0.2, 0.25) is 0 Å². The topological polar surface area (TPSA) is 48.1 Å². The number of aromatic amines is 1. The summed E-state index contributed by atoms with van der Waals surface area (Å²) < 4.78 is 13.2. The Morgan fingerprint density at radius 3 is 2.59 bits per heavy atom. The fourth-order valence-electron chi connectivity index (χ4n) is 4.53. The van der Waals surface area contributed by atoms with Gasteiger partial charge in [0.15, 0.2) is 0 Å². The van der Waals surface area contributed by atoms with Crippen LogP contribution >= 0.6 is 0 Å². The quantitative estimate of drug-likeness (QED) is 0.435. The van der Waals surface area contributed by atoms with E-state index in [0.29, 0.717) is 18.3 Å². The SMILES string of the molecule is O=C(NC[C@@H]1CCCN1Cc1ccccc1)c1cc2ccc(-c3ccc(F)cc3)cc2[nH]1. The van der Waals surface area contributed by atoms with Gasteiger partial charge in [0.05, 0.1) is 0 Å². The average molecular weight is 428 g/mol. The van der Waals surface area contributed by atoms with Crippen molar-refractivity contribution in [3.8, 4) is 11.1 Å². The Labute approximate surface area is 187 Å². The number of likely N-dealkylation sites (tertiary alicyclic amines) is 1. The van der Waals surface area contributed by atoms with Crippen LogP contribution in [0.1, 0.15) is 28.9 Å². The van der Waals surface area contributed by atoms with Gasteiger partial charge in [-0.2, -0.15) is 0 Å². The molecular formula is C27H26FN3O. The number of benzene rings is 3. The zero-order valence-corrected chi connectivity index (χ0v) is 17.9. The van der Waals surface area contributed by atoms with Crippen LogP contribution in [0.25, 0.3) is 22.0 Å². The maximum Gasteiger partial charge on any atom is 0.267 e. The number of fused-ring (bicyclic) bond motifs is 1. The summed E-state index contributed by atoms with van der Waals surface area (Å²) in [5, 5.41) is 4.10. The third kappa shape index (κ3) is 4.43. The number of aromatic nitrogens is 1. The Balaban J connectivity index is 1.25. The molecule has 0 radical (unpaired) electrons. The van der Waals surface area contributed by atoms with E-state index < -0.39 is 0 Å². The van der Waals surface area contributed by atoms with Gasteiger partial charge in [-0.3, -0.25) is 9.69 Å². The molecule has 3 aromatic carbocycles. The summed E-state index contributed by atoms with van der Waals surface area (Å²) in [5.74, 6) is -0.339. The first-order valence-corrected chi connectivity index (χ1v) is 11.1. The highest BCUT2D eigenvalue weighted by molar-refractivity contribution is 5.98. The van der Waals surface area contributed by atoms with Gasteiger partial charge in [0.25, 0.3) is 5.91 Å². The molecule has 1 aliphatic rings. The zero-order valence-electron chi connectivity index (χ0n) is 17.9. The van der Waals surface area contributed by atoms with Crippen LogP contribution in [0.15, 0.2) is 78.9 Å². The lowest BCUT2D eigenvalue weighted by Crippen LogP contribution is -2.39. The second kappa shape index (κ2) is 8.97. The van der Waals surface area contributed by atoms with Crippen molar-refractivity contribution in [2.75, 3.05) is 13.1 Å². The number of carbonyl (C=O) groups excluding carboxylic acids is 1. The number of hydrogen-bond acceptors (Lipinski definition) is 2. The first-order valence-electron chi connectivity index (χ1n) is 11.1. The molecule has 2 heterocycles. The third-order valence-electron chi connectivity index (χ3n) is 6.27. The van der Waals surface area contributed by atoms with Gasteiger partial charge in [-0.15, -0.1) is 0 Å². The summed E-state index contributed by atoms with van der Waals surface area (Å²) in [5.41, 5.74) is 4.67. The number of rotatable bonds is 6. The molecule has 162 valence electrons. The Hall–Kier alpha value is -3.44. The highest BCUT2D eigenvalue weighted by Gasteiger charge is 2.25. The van der Waals surface area contributed by atoms with Crippen LogP contribution in [-0.2, 0) is 6.54 Å². The first kappa shape index (κ1) is 20.5. The zero-order chi connectivity index (χ0) is 21.9. The second-order valence-electron chi connectivity index (χ2n) is 8.45. The van der Waals surface area contributed by atoms with E-state index in [1.165, 1.54) is 17.7 Å². The Kier molecular flexibility index (Phi) is 5.73. The fraction of sp³-hybridized carbons (Fsp3) is 0.222. The minimum Gasteiger partial charge on any atom is -0.351 e. The van der Waals surface area contributed by atoms with E-state index in [1.807, 2.05) is 30.3 Å². The average Bonchev–Trinajstić information content (AvgIpc) is 3.45. The van der Waals surface area contributed by atoms with Crippen LogP contribution in [-0.4, -0.2) is 34.9 Å². The number of H-pyrrole nitrogens is 1. The van der Waals surface area contributed by atoms with Gasteiger partial charge >= 0.3 is 0 Å². The molecule has 32 heavy (non-hydrogen) atoms. The van der Waals surface area contributed by atoms with Crippen molar-refractivity contribution in [1.82, 2.24) is 15.2 Å². The number of nitrogens with one attached hydrogen (secondary N) is 2. The van der Waals surface area contributed by atoms with Gasteiger partial charge in [-0.1, -0.05) is 54.6 Å². The summed E-state index contributed by atoms with van der Waals surface area (Å²) >= 11 is 0. The van der Waals surface area contributed by atoms with Crippen molar-refractivity contribution >= 4 is 16.8 Å². The summed E-state index contributed by atoms with van der Waals surface area (Å²) in [4.78, 5) is 18.5. The van der Waals surface area contributed by atoms with Crippen molar-refractivity contribution in [3.63, 3.8) is 0 Å². The molecule has 0 saturated carbocycles. The molecule has 5 heteroatoms. The molecule has 1 aromatic heterocycles. The minimum absolute atomic E-state index is 0.0870. The van der Waals surface area contributed by atoms with Crippen LogP contribution in [0.4, 0.5) is 4.39 Å². The van der Waals surface area contributed by atoms with Crippen LogP contribution in [0.3, 0.4) is 0 Å². The summed E-state index contributed by atoms with van der Waals surface area (Å²) in [6.45, 7) is 2.62. The number of carbonyl (C=O) groups is 1. The monoisotopic (exact) mass is 427 g/mol. The number of halogens is 1. The van der Waals surface area contributed by atoms with E-state index in [4.69, 9.17) is 0 Å². The van der Waals surface area contributed by atoms with E-state index in [1.54, 1.807) is 12.1 Å². The normalized spacial score (nSPS) is 16.5. The molecule has 0 unspecified atom stereocenters. The maximum absolute atomic E-state index is 13.2. The molecule has 0 bridgehead atoms. The molecule has 4 aromatic rings. The molecular weight excluding hydrogens is 401 g/mol. The van der Waals surface area contributed by atoms with Gasteiger partial charge in [-0.25, -0.2) is 4.39 Å². The van der Waals surface area contributed by atoms with Gasteiger partial charge in [-0.05, 0) is 60.3 Å². The largest absolute Gasteiger partial charge is 0.351 e. The number of hydrogen-bond donors (Lipinski definition) is 2. The molecule has 4 nitrogen and oxygen atoms in total. The molecule has 2 N–H and O–H groups in total. The van der Waals surface area contributed by atoms with E-state index in [2.05, 4.69) is 39.5 Å². The predicted octanol–water partition coefficient (Wildman–Crippen LogP) is 5.37. The lowest BCUT2D eigenvalue weighted by molar-refractivity contribution is 0.0935. The molecule has 1 amide bonds. The Morgan fingerprint density at radius 2 is 1.78 bits per heavy atom. The van der Waals surface area contributed by atoms with Crippen LogP contribution in [0.5, 0.6) is 0 Å². The fourth-order valence-corrected chi connectivity index (χ4v) is 4.53. The van der Waals surface area contributed by atoms with Crippen molar-refractivity contribution in [1.29, 1.82) is 0 Å². The van der Waals surface area contributed by atoms with Crippen molar-refractivity contribution in [3.05, 3.63) is 95.9 Å². The highest BCUT2D eigenvalue weighted by atomic mass is 19.1.